The first-order chi connectivity index (χ1) is 14.2. The number of halogens is 1. The molecule has 3 atom stereocenters. The van der Waals surface area contributed by atoms with E-state index in [0.717, 1.165) is 19.6 Å². The lowest BCUT2D eigenvalue weighted by atomic mass is 9.88. The number of hydrogen-bond acceptors (Lipinski definition) is 2. The number of nitrogens with one attached hydrogen (secondary N) is 1. The maximum atomic E-state index is 12.3. The van der Waals surface area contributed by atoms with Gasteiger partial charge in [-0.2, -0.15) is 0 Å². The van der Waals surface area contributed by atoms with Gasteiger partial charge in [-0.1, -0.05) is 79.7 Å². The Labute approximate surface area is 185 Å². The molecule has 3 aromatic rings. The van der Waals surface area contributed by atoms with E-state index in [1.54, 1.807) is 0 Å². The van der Waals surface area contributed by atoms with Crippen molar-refractivity contribution in [3.05, 3.63) is 83.9 Å². The highest BCUT2D eigenvalue weighted by atomic mass is 35.5. The first-order valence-electron chi connectivity index (χ1n) is 10.7. The highest BCUT2D eigenvalue weighted by Crippen LogP contribution is 2.33. The fourth-order valence-corrected chi connectivity index (χ4v) is 4.65. The summed E-state index contributed by atoms with van der Waals surface area (Å²) in [6, 6.07) is 26.0. The van der Waals surface area contributed by atoms with Crippen molar-refractivity contribution in [3.8, 4) is 0 Å². The molecule has 1 N–H and O–H groups in total. The first-order valence-corrected chi connectivity index (χ1v) is 10.7. The summed E-state index contributed by atoms with van der Waals surface area (Å²) in [5.41, 5.74) is 2.67. The van der Waals surface area contributed by atoms with Crippen LogP contribution in [0.5, 0.6) is 0 Å². The predicted octanol–water partition coefficient (Wildman–Crippen LogP) is 5.56. The van der Waals surface area contributed by atoms with Gasteiger partial charge in [0, 0.05) is 38.0 Å². The minimum atomic E-state index is 0. The highest BCUT2D eigenvalue weighted by Gasteiger charge is 2.35. The van der Waals surface area contributed by atoms with E-state index >= 15 is 0 Å². The van der Waals surface area contributed by atoms with E-state index in [-0.39, 0.29) is 24.4 Å². The second-order valence-electron chi connectivity index (χ2n) is 8.13. The average Bonchev–Trinajstić information content (AvgIpc) is 3.21. The number of rotatable bonds is 6. The summed E-state index contributed by atoms with van der Waals surface area (Å²) in [6.45, 7) is 6.75. The lowest BCUT2D eigenvalue weighted by Gasteiger charge is -2.23. The molecular formula is C26H31ClN2O. The van der Waals surface area contributed by atoms with Crippen LogP contribution in [0.4, 0.5) is 0 Å². The molecule has 4 heteroatoms. The van der Waals surface area contributed by atoms with Crippen molar-refractivity contribution >= 4 is 29.1 Å². The largest absolute Gasteiger partial charge is 0.342 e. The van der Waals surface area contributed by atoms with Crippen LogP contribution in [0.3, 0.4) is 0 Å². The fourth-order valence-electron chi connectivity index (χ4n) is 4.65. The molecule has 1 heterocycles. The Kier molecular flexibility index (Phi) is 7.52. The number of hydrogen-bond donors (Lipinski definition) is 1. The lowest BCUT2D eigenvalue weighted by molar-refractivity contribution is -0.129. The number of fused-ring (bicyclic) bond motifs is 1. The minimum absolute atomic E-state index is 0. The number of benzene rings is 3. The van der Waals surface area contributed by atoms with Gasteiger partial charge in [0.15, 0.2) is 0 Å². The normalized spacial score (nSPS) is 19.5. The van der Waals surface area contributed by atoms with Gasteiger partial charge in [0.25, 0.3) is 0 Å². The van der Waals surface area contributed by atoms with Gasteiger partial charge in [0.1, 0.15) is 0 Å². The van der Waals surface area contributed by atoms with Crippen molar-refractivity contribution in [2.45, 2.75) is 32.2 Å². The van der Waals surface area contributed by atoms with Crippen molar-refractivity contribution in [2.24, 2.45) is 5.92 Å². The molecule has 158 valence electrons. The number of carbonyl (C=O) groups excluding carboxylic acids is 1. The molecule has 1 amide bonds. The van der Waals surface area contributed by atoms with Gasteiger partial charge in [0.05, 0.1) is 0 Å². The monoisotopic (exact) mass is 422 g/mol. The number of carbonyl (C=O) groups is 1. The first kappa shape index (κ1) is 22.3. The molecule has 1 fully saturated rings. The summed E-state index contributed by atoms with van der Waals surface area (Å²) < 4.78 is 0. The molecule has 30 heavy (non-hydrogen) atoms. The second kappa shape index (κ2) is 10.1. The standard InChI is InChI=1S/C26H30N2O.ClH/c1-3-26(29)28-17-22(25(18-28)21-10-5-4-6-11-21)16-27-19(2)23-15-9-13-20-12-7-8-14-24(20)23;/h4-15,19,22,25,27H,3,16-18H2,1-2H3;1H/t19-,22?,25?;/m1./s1. The van der Waals surface area contributed by atoms with Crippen LogP contribution in [0.15, 0.2) is 72.8 Å². The maximum absolute atomic E-state index is 12.3. The molecule has 4 rings (SSSR count). The fraction of sp³-hybridized carbons (Fsp3) is 0.346. The van der Waals surface area contributed by atoms with Crippen LogP contribution in [-0.2, 0) is 4.79 Å². The van der Waals surface area contributed by atoms with Crippen molar-refractivity contribution in [1.29, 1.82) is 0 Å². The molecule has 0 saturated carbocycles. The van der Waals surface area contributed by atoms with Gasteiger partial charge in [-0.25, -0.2) is 0 Å². The molecule has 1 aliphatic heterocycles. The molecule has 0 bridgehead atoms. The van der Waals surface area contributed by atoms with Gasteiger partial charge in [0.2, 0.25) is 5.91 Å². The summed E-state index contributed by atoms with van der Waals surface area (Å²) >= 11 is 0. The van der Waals surface area contributed by atoms with Crippen molar-refractivity contribution in [3.63, 3.8) is 0 Å². The summed E-state index contributed by atoms with van der Waals surface area (Å²) in [5, 5.41) is 6.36. The lowest BCUT2D eigenvalue weighted by Crippen LogP contribution is -2.31. The van der Waals surface area contributed by atoms with E-state index in [4.69, 9.17) is 0 Å². The van der Waals surface area contributed by atoms with Crippen LogP contribution in [0.25, 0.3) is 10.8 Å². The molecule has 1 aliphatic rings. The van der Waals surface area contributed by atoms with Crippen molar-refractivity contribution < 1.29 is 4.79 Å². The van der Waals surface area contributed by atoms with Gasteiger partial charge in [-0.05, 0) is 34.7 Å². The third-order valence-corrected chi connectivity index (χ3v) is 6.30. The van der Waals surface area contributed by atoms with Crippen LogP contribution < -0.4 is 5.32 Å². The Morgan fingerprint density at radius 2 is 1.70 bits per heavy atom. The van der Waals surface area contributed by atoms with Crippen LogP contribution in [0.1, 0.15) is 43.4 Å². The third-order valence-electron chi connectivity index (χ3n) is 6.30. The maximum Gasteiger partial charge on any atom is 0.222 e. The zero-order chi connectivity index (χ0) is 20.2. The summed E-state index contributed by atoms with van der Waals surface area (Å²) in [7, 11) is 0. The Bertz CT molecular complexity index is 970. The number of likely N-dealkylation sites (tertiary alicyclic amines) is 1. The Balaban J connectivity index is 0.00000256. The van der Waals surface area contributed by atoms with E-state index in [9.17, 15) is 4.79 Å². The number of nitrogens with zero attached hydrogens (tertiary/aromatic N) is 1. The zero-order valence-electron chi connectivity index (χ0n) is 17.8. The van der Waals surface area contributed by atoms with Crippen LogP contribution in [0, 0.1) is 5.92 Å². The van der Waals surface area contributed by atoms with Gasteiger partial charge < -0.3 is 10.2 Å². The van der Waals surface area contributed by atoms with Gasteiger partial charge in [-0.15, -0.1) is 12.4 Å². The Morgan fingerprint density at radius 3 is 2.47 bits per heavy atom. The highest BCUT2D eigenvalue weighted by molar-refractivity contribution is 5.86. The molecule has 0 aliphatic carbocycles. The van der Waals surface area contributed by atoms with Crippen LogP contribution in [0.2, 0.25) is 0 Å². The molecule has 0 spiro atoms. The smallest absolute Gasteiger partial charge is 0.222 e. The zero-order valence-corrected chi connectivity index (χ0v) is 18.6. The molecule has 2 unspecified atom stereocenters. The second-order valence-corrected chi connectivity index (χ2v) is 8.13. The summed E-state index contributed by atoms with van der Waals surface area (Å²) in [6.07, 6.45) is 0.577. The van der Waals surface area contributed by atoms with Gasteiger partial charge in [-0.3, -0.25) is 4.79 Å². The van der Waals surface area contributed by atoms with E-state index in [0.29, 0.717) is 18.3 Å². The van der Waals surface area contributed by atoms with E-state index in [2.05, 4.69) is 85.0 Å². The molecule has 0 aromatic heterocycles. The molecule has 3 aromatic carbocycles. The van der Waals surface area contributed by atoms with Crippen molar-refractivity contribution in [2.75, 3.05) is 19.6 Å². The SMILES string of the molecule is CCC(=O)N1CC(CN[C@H](C)c2cccc3ccccc23)C(c2ccccc2)C1.Cl. The minimum Gasteiger partial charge on any atom is -0.342 e. The van der Waals surface area contributed by atoms with E-state index in [1.807, 2.05) is 11.8 Å². The van der Waals surface area contributed by atoms with E-state index < -0.39 is 0 Å². The molecule has 3 nitrogen and oxygen atoms in total. The third kappa shape index (κ3) is 4.69. The van der Waals surface area contributed by atoms with Crippen LogP contribution in [-0.4, -0.2) is 30.4 Å². The Morgan fingerprint density at radius 1 is 1.00 bits per heavy atom. The predicted molar refractivity (Wildman–Crippen MR) is 127 cm³/mol. The summed E-state index contributed by atoms with van der Waals surface area (Å²) in [4.78, 5) is 14.4. The van der Waals surface area contributed by atoms with E-state index in [1.165, 1.54) is 21.9 Å². The quantitative estimate of drug-likeness (QED) is 0.563. The molecular weight excluding hydrogens is 392 g/mol. The molecule has 0 radical (unpaired) electrons. The van der Waals surface area contributed by atoms with Gasteiger partial charge >= 0.3 is 0 Å². The molecule has 1 saturated heterocycles. The van der Waals surface area contributed by atoms with Crippen molar-refractivity contribution in [1.82, 2.24) is 10.2 Å². The van der Waals surface area contributed by atoms with Crippen LogP contribution >= 0.6 is 12.4 Å². The Hall–Kier alpha value is -2.36. The summed E-state index contributed by atoms with van der Waals surface area (Å²) in [5.74, 6) is 1.07. The average molecular weight is 423 g/mol. The number of amides is 1. The topological polar surface area (TPSA) is 32.3 Å².